The van der Waals surface area contributed by atoms with E-state index in [1.807, 2.05) is 0 Å². The smallest absolute Gasteiger partial charge is 0.344 e. The molecular formula is C17H10F2O4S. The van der Waals surface area contributed by atoms with Gasteiger partial charge in [-0.3, -0.25) is 0 Å². The number of rotatable bonds is 4. The Morgan fingerprint density at radius 1 is 1.08 bits per heavy atom. The second-order valence-corrected chi connectivity index (χ2v) is 5.75. The highest BCUT2D eigenvalue weighted by Crippen LogP contribution is 2.29. The Hall–Kier alpha value is -2.67. The highest BCUT2D eigenvalue weighted by molar-refractivity contribution is 7.99. The molecule has 0 aliphatic carbocycles. The van der Waals surface area contributed by atoms with Crippen LogP contribution in [0.1, 0.15) is 10.4 Å². The number of halogens is 2. The molecule has 0 bridgehead atoms. The van der Waals surface area contributed by atoms with Gasteiger partial charge in [0, 0.05) is 22.4 Å². The van der Waals surface area contributed by atoms with Crippen LogP contribution >= 0.6 is 11.8 Å². The summed E-state index contributed by atoms with van der Waals surface area (Å²) in [5.41, 5.74) is -0.217. The fourth-order valence-electron chi connectivity index (χ4n) is 2.10. The molecule has 0 saturated carbocycles. The molecule has 7 heteroatoms. The average molecular weight is 348 g/mol. The minimum Gasteiger partial charge on any atom is -0.423 e. The topological polar surface area (TPSA) is 56.5 Å². The summed E-state index contributed by atoms with van der Waals surface area (Å²) in [6.07, 6.45) is 0. The van der Waals surface area contributed by atoms with Crippen LogP contribution in [-0.2, 0) is 0 Å². The van der Waals surface area contributed by atoms with Gasteiger partial charge >= 0.3 is 11.6 Å². The van der Waals surface area contributed by atoms with E-state index in [1.54, 1.807) is 24.3 Å². The van der Waals surface area contributed by atoms with Crippen LogP contribution in [0.4, 0.5) is 8.78 Å². The zero-order chi connectivity index (χ0) is 17.1. The van der Waals surface area contributed by atoms with E-state index < -0.39 is 17.4 Å². The van der Waals surface area contributed by atoms with Crippen molar-refractivity contribution in [2.75, 3.05) is 0 Å². The average Bonchev–Trinajstić information content (AvgIpc) is 2.54. The summed E-state index contributed by atoms with van der Waals surface area (Å²) in [4.78, 5) is 23.6. The molecule has 1 aromatic heterocycles. The monoisotopic (exact) mass is 348 g/mol. The van der Waals surface area contributed by atoms with E-state index in [9.17, 15) is 18.4 Å². The molecule has 3 aromatic rings. The number of benzene rings is 2. The second kappa shape index (κ2) is 6.84. The van der Waals surface area contributed by atoms with Crippen molar-refractivity contribution in [3.8, 4) is 5.75 Å². The molecule has 1 heterocycles. The maximum Gasteiger partial charge on any atom is 0.344 e. The Labute approximate surface area is 139 Å². The van der Waals surface area contributed by atoms with Crippen molar-refractivity contribution < 1.29 is 22.7 Å². The summed E-state index contributed by atoms with van der Waals surface area (Å²) < 4.78 is 35.4. The number of hydrogen-bond donors (Lipinski definition) is 0. The maximum absolute atomic E-state index is 12.6. The van der Waals surface area contributed by atoms with Crippen molar-refractivity contribution in [1.82, 2.24) is 0 Å². The van der Waals surface area contributed by atoms with Gasteiger partial charge < -0.3 is 9.15 Å². The first-order valence-electron chi connectivity index (χ1n) is 6.83. The largest absolute Gasteiger partial charge is 0.423 e. The van der Waals surface area contributed by atoms with Crippen LogP contribution in [0, 0.1) is 0 Å². The molecule has 0 aliphatic rings. The van der Waals surface area contributed by atoms with Crippen molar-refractivity contribution in [3.63, 3.8) is 0 Å². The molecule has 0 atom stereocenters. The molecule has 2 aromatic carbocycles. The number of carbonyl (C=O) groups is 1. The number of alkyl halides is 2. The molecule has 0 saturated heterocycles. The van der Waals surface area contributed by atoms with E-state index in [-0.39, 0.29) is 33.6 Å². The Balaban J connectivity index is 1.88. The van der Waals surface area contributed by atoms with Gasteiger partial charge in [0.2, 0.25) is 0 Å². The Morgan fingerprint density at radius 2 is 1.83 bits per heavy atom. The molecule has 0 fully saturated rings. The third-order valence-corrected chi connectivity index (χ3v) is 3.92. The van der Waals surface area contributed by atoms with E-state index in [4.69, 9.17) is 9.15 Å². The van der Waals surface area contributed by atoms with Crippen molar-refractivity contribution >= 4 is 28.7 Å². The van der Waals surface area contributed by atoms with Crippen molar-refractivity contribution in [3.05, 3.63) is 70.6 Å². The second-order valence-electron chi connectivity index (χ2n) is 4.72. The Bertz CT molecular complexity index is 952. The molecule has 122 valence electrons. The zero-order valence-electron chi connectivity index (χ0n) is 12.1. The standard InChI is InChI=1S/C17H10F2O4S/c18-17(19)24-14-4-2-1-3-12(14)16(21)22-11-7-5-10-6-8-15(20)23-13(10)9-11/h1-9,17H. The minimum atomic E-state index is -2.64. The summed E-state index contributed by atoms with van der Waals surface area (Å²) >= 11 is 0.274. The van der Waals surface area contributed by atoms with Crippen molar-refractivity contribution in [1.29, 1.82) is 0 Å². The summed E-state index contributed by atoms with van der Waals surface area (Å²) in [6, 6.07) is 13.4. The first kappa shape index (κ1) is 16.2. The van der Waals surface area contributed by atoms with Gasteiger partial charge in [0.05, 0.1) is 5.56 Å². The fourth-order valence-corrected chi connectivity index (χ4v) is 2.73. The molecule has 3 rings (SSSR count). The van der Waals surface area contributed by atoms with Gasteiger partial charge in [-0.25, -0.2) is 9.59 Å². The third kappa shape index (κ3) is 3.62. The van der Waals surface area contributed by atoms with Crippen molar-refractivity contribution in [2.24, 2.45) is 0 Å². The first-order chi connectivity index (χ1) is 11.5. The first-order valence-corrected chi connectivity index (χ1v) is 7.71. The van der Waals surface area contributed by atoms with Crippen LogP contribution in [-0.4, -0.2) is 11.7 Å². The summed E-state index contributed by atoms with van der Waals surface area (Å²) in [7, 11) is 0. The van der Waals surface area contributed by atoms with Crippen LogP contribution in [0.15, 0.2) is 68.7 Å². The molecule has 0 N–H and O–H groups in total. The minimum absolute atomic E-state index is 0.0393. The SMILES string of the molecule is O=C(Oc1ccc2ccc(=O)oc2c1)c1ccccc1SC(F)F. The normalized spacial score (nSPS) is 11.0. The van der Waals surface area contributed by atoms with Crippen LogP contribution in [0.5, 0.6) is 5.75 Å². The maximum atomic E-state index is 12.6. The molecule has 24 heavy (non-hydrogen) atoms. The lowest BCUT2D eigenvalue weighted by Gasteiger charge is -2.09. The van der Waals surface area contributed by atoms with Gasteiger partial charge in [-0.1, -0.05) is 23.9 Å². The Kier molecular flexibility index (Phi) is 4.61. The Morgan fingerprint density at radius 3 is 2.62 bits per heavy atom. The van der Waals surface area contributed by atoms with Gasteiger partial charge in [-0.05, 0) is 30.3 Å². The van der Waals surface area contributed by atoms with Crippen LogP contribution in [0.3, 0.4) is 0 Å². The number of esters is 1. The van der Waals surface area contributed by atoms with Crippen LogP contribution in [0.25, 0.3) is 11.0 Å². The molecule has 0 spiro atoms. The van der Waals surface area contributed by atoms with E-state index >= 15 is 0 Å². The van der Waals surface area contributed by atoms with Gasteiger partial charge in [0.1, 0.15) is 11.3 Å². The van der Waals surface area contributed by atoms with Gasteiger partial charge in [0.25, 0.3) is 5.76 Å². The van der Waals surface area contributed by atoms with Gasteiger partial charge in [0.15, 0.2) is 0 Å². The van der Waals surface area contributed by atoms with E-state index in [0.717, 1.165) is 0 Å². The lowest BCUT2D eigenvalue weighted by atomic mass is 10.2. The summed E-state index contributed by atoms with van der Waals surface area (Å²) in [5, 5.41) is 0.669. The quantitative estimate of drug-likeness (QED) is 0.304. The third-order valence-electron chi connectivity index (χ3n) is 3.13. The van der Waals surface area contributed by atoms with Gasteiger partial charge in [-0.15, -0.1) is 0 Å². The molecule has 0 radical (unpaired) electrons. The lowest BCUT2D eigenvalue weighted by molar-refractivity contribution is 0.0731. The van der Waals surface area contributed by atoms with E-state index in [0.29, 0.717) is 5.39 Å². The van der Waals surface area contributed by atoms with Gasteiger partial charge in [-0.2, -0.15) is 8.78 Å². The van der Waals surface area contributed by atoms with Crippen LogP contribution < -0.4 is 10.4 Å². The van der Waals surface area contributed by atoms with Crippen LogP contribution in [0.2, 0.25) is 0 Å². The summed E-state index contributed by atoms with van der Waals surface area (Å²) in [5.74, 6) is -3.26. The highest BCUT2D eigenvalue weighted by Gasteiger charge is 2.17. The molecule has 0 aliphatic heterocycles. The predicted octanol–water partition coefficient (Wildman–Crippen LogP) is 4.33. The molecule has 0 amide bonds. The summed E-state index contributed by atoms with van der Waals surface area (Å²) in [6.45, 7) is 0. The number of fused-ring (bicyclic) bond motifs is 1. The number of carbonyl (C=O) groups excluding carboxylic acids is 1. The van der Waals surface area contributed by atoms with Crippen molar-refractivity contribution in [2.45, 2.75) is 10.7 Å². The van der Waals surface area contributed by atoms with E-state index in [1.165, 1.54) is 30.3 Å². The fraction of sp³-hybridized carbons (Fsp3) is 0.0588. The molecule has 0 unspecified atom stereocenters. The highest BCUT2D eigenvalue weighted by atomic mass is 32.2. The zero-order valence-corrected chi connectivity index (χ0v) is 12.9. The van der Waals surface area contributed by atoms with E-state index in [2.05, 4.69) is 0 Å². The number of thioether (sulfide) groups is 1. The number of hydrogen-bond acceptors (Lipinski definition) is 5. The molecule has 4 nitrogen and oxygen atoms in total. The predicted molar refractivity (Wildman–Crippen MR) is 85.7 cm³/mol. The number of ether oxygens (including phenoxy) is 1. The molecular weight excluding hydrogens is 338 g/mol. The lowest BCUT2D eigenvalue weighted by Crippen LogP contribution is -2.10.